The van der Waals surface area contributed by atoms with Crippen molar-refractivity contribution in [3.05, 3.63) is 0 Å². The van der Waals surface area contributed by atoms with Crippen LogP contribution in [-0.2, 0) is 28.5 Å². The minimum absolute atomic E-state index is 0.217. The molecule has 6 nitrogen and oxygen atoms in total. The normalized spacial score (nSPS) is 11.8. The molecule has 6 heteroatoms. The molecule has 0 spiro atoms. The van der Waals surface area contributed by atoms with E-state index in [2.05, 4.69) is 0 Å². The smallest absolute Gasteiger partial charge is 0.140 e. The van der Waals surface area contributed by atoms with Crippen LogP contribution in [0.15, 0.2) is 0 Å². The van der Waals surface area contributed by atoms with Gasteiger partial charge in [0, 0.05) is 18.9 Å². The number of ether oxygens (including phenoxy) is 5. The van der Waals surface area contributed by atoms with Gasteiger partial charge < -0.3 is 23.7 Å². The summed E-state index contributed by atoms with van der Waals surface area (Å²) in [6.07, 6.45) is 0.454. The van der Waals surface area contributed by atoms with Crippen molar-refractivity contribution in [1.29, 1.82) is 0 Å². The van der Waals surface area contributed by atoms with Crippen molar-refractivity contribution < 1.29 is 28.5 Å². The zero-order valence-corrected chi connectivity index (χ0v) is 14.5. The summed E-state index contributed by atoms with van der Waals surface area (Å²) < 4.78 is 26.2. The van der Waals surface area contributed by atoms with Crippen LogP contribution in [0.4, 0.5) is 0 Å². The Bertz CT molecular complexity index is 262. The quantitative estimate of drug-likeness (QED) is 0.428. The van der Waals surface area contributed by atoms with Gasteiger partial charge in [0.15, 0.2) is 0 Å². The van der Waals surface area contributed by atoms with E-state index in [1.165, 1.54) is 0 Å². The van der Waals surface area contributed by atoms with Crippen molar-refractivity contribution in [2.45, 2.75) is 27.2 Å². The lowest BCUT2D eigenvalue weighted by Gasteiger charge is -2.16. The van der Waals surface area contributed by atoms with E-state index in [-0.39, 0.29) is 11.2 Å². The van der Waals surface area contributed by atoms with E-state index in [0.29, 0.717) is 65.9 Å². The molecule has 0 N–H and O–H groups in total. The van der Waals surface area contributed by atoms with Gasteiger partial charge in [-0.05, 0) is 0 Å². The van der Waals surface area contributed by atoms with Crippen molar-refractivity contribution in [3.8, 4) is 0 Å². The standard InChI is InChI=1S/C16H32O6/c1-16(2,3)15(17)5-6-19-9-10-21-13-14-22-12-11-20-8-7-18-4/h5-14H2,1-4H3. The Kier molecular flexibility index (Phi) is 13.7. The Balaban J connectivity index is 3.13. The van der Waals surface area contributed by atoms with Crippen LogP contribution in [0.5, 0.6) is 0 Å². The van der Waals surface area contributed by atoms with Crippen LogP contribution in [0.25, 0.3) is 0 Å². The summed E-state index contributed by atoms with van der Waals surface area (Å²) in [7, 11) is 1.64. The van der Waals surface area contributed by atoms with E-state index in [1.807, 2.05) is 20.8 Å². The molecule has 0 bridgehead atoms. The fourth-order valence-electron chi connectivity index (χ4n) is 1.44. The van der Waals surface area contributed by atoms with Gasteiger partial charge in [0.2, 0.25) is 0 Å². The Morgan fingerprint density at radius 1 is 0.682 bits per heavy atom. The minimum atomic E-state index is -0.287. The second-order valence-corrected chi connectivity index (χ2v) is 5.87. The molecule has 0 aromatic heterocycles. The number of Topliss-reactive ketones (excluding diaryl/α,β-unsaturated/α-hetero) is 1. The Morgan fingerprint density at radius 3 is 1.41 bits per heavy atom. The van der Waals surface area contributed by atoms with Crippen LogP contribution in [0.3, 0.4) is 0 Å². The molecule has 22 heavy (non-hydrogen) atoms. The van der Waals surface area contributed by atoms with Crippen LogP contribution in [0, 0.1) is 5.41 Å². The highest BCUT2D eigenvalue weighted by Crippen LogP contribution is 2.16. The molecule has 0 saturated carbocycles. The summed E-state index contributed by atoms with van der Waals surface area (Å²) in [5.41, 5.74) is -0.287. The fourth-order valence-corrected chi connectivity index (χ4v) is 1.44. The van der Waals surface area contributed by atoms with Crippen LogP contribution in [0.1, 0.15) is 27.2 Å². The predicted octanol–water partition coefficient (Wildman–Crippen LogP) is 1.70. The molecule has 0 aliphatic rings. The van der Waals surface area contributed by atoms with Crippen LogP contribution < -0.4 is 0 Å². The molecule has 0 fully saturated rings. The third-order valence-corrected chi connectivity index (χ3v) is 2.86. The molecule has 0 atom stereocenters. The third kappa shape index (κ3) is 14.4. The third-order valence-electron chi connectivity index (χ3n) is 2.86. The summed E-state index contributed by atoms with van der Waals surface area (Å²) in [5.74, 6) is 0.217. The first-order valence-electron chi connectivity index (χ1n) is 7.81. The molecule has 0 aromatic carbocycles. The molecule has 0 unspecified atom stereocenters. The molecule has 0 rings (SSSR count). The van der Waals surface area contributed by atoms with Gasteiger partial charge >= 0.3 is 0 Å². The van der Waals surface area contributed by atoms with E-state index in [1.54, 1.807) is 7.11 Å². The maximum Gasteiger partial charge on any atom is 0.140 e. The Morgan fingerprint density at radius 2 is 1.05 bits per heavy atom. The first-order chi connectivity index (χ1) is 10.5. The van der Waals surface area contributed by atoms with Gasteiger partial charge in [-0.15, -0.1) is 0 Å². The summed E-state index contributed by atoms with van der Waals surface area (Å²) >= 11 is 0. The van der Waals surface area contributed by atoms with Crippen molar-refractivity contribution in [1.82, 2.24) is 0 Å². The first-order valence-corrected chi connectivity index (χ1v) is 7.81. The summed E-state index contributed by atoms with van der Waals surface area (Å²) in [4.78, 5) is 11.6. The number of carbonyl (C=O) groups is 1. The van der Waals surface area contributed by atoms with Crippen molar-refractivity contribution in [2.75, 3.05) is 66.6 Å². The van der Waals surface area contributed by atoms with Crippen LogP contribution in [-0.4, -0.2) is 72.4 Å². The molecule has 0 radical (unpaired) electrons. The number of hydrogen-bond acceptors (Lipinski definition) is 6. The molecule has 132 valence electrons. The average Bonchev–Trinajstić information content (AvgIpc) is 2.46. The number of methoxy groups -OCH3 is 1. The van der Waals surface area contributed by atoms with Gasteiger partial charge in [-0.2, -0.15) is 0 Å². The topological polar surface area (TPSA) is 63.2 Å². The van der Waals surface area contributed by atoms with Crippen molar-refractivity contribution in [3.63, 3.8) is 0 Å². The Labute approximate surface area is 134 Å². The lowest BCUT2D eigenvalue weighted by Crippen LogP contribution is -2.22. The van der Waals surface area contributed by atoms with Gasteiger partial charge in [-0.25, -0.2) is 0 Å². The van der Waals surface area contributed by atoms with Gasteiger partial charge in [-0.3, -0.25) is 4.79 Å². The molecule has 0 saturated heterocycles. The van der Waals surface area contributed by atoms with E-state index in [9.17, 15) is 4.79 Å². The fraction of sp³-hybridized carbons (Fsp3) is 0.938. The average molecular weight is 320 g/mol. The van der Waals surface area contributed by atoms with Crippen molar-refractivity contribution >= 4 is 5.78 Å². The maximum absolute atomic E-state index is 11.6. The summed E-state index contributed by atoms with van der Waals surface area (Å²) in [6, 6.07) is 0. The molecule has 0 amide bonds. The molecule has 0 aromatic rings. The maximum atomic E-state index is 11.6. The first kappa shape index (κ1) is 21.5. The van der Waals surface area contributed by atoms with Gasteiger partial charge in [-0.1, -0.05) is 20.8 Å². The molecular weight excluding hydrogens is 288 g/mol. The van der Waals surface area contributed by atoms with E-state index in [0.717, 1.165) is 0 Å². The summed E-state index contributed by atoms with van der Waals surface area (Å²) in [5, 5.41) is 0. The largest absolute Gasteiger partial charge is 0.382 e. The monoisotopic (exact) mass is 320 g/mol. The second kappa shape index (κ2) is 14.1. The minimum Gasteiger partial charge on any atom is -0.382 e. The van der Waals surface area contributed by atoms with E-state index >= 15 is 0 Å². The highest BCUT2D eigenvalue weighted by atomic mass is 16.6. The van der Waals surface area contributed by atoms with Crippen LogP contribution in [0.2, 0.25) is 0 Å². The summed E-state index contributed by atoms with van der Waals surface area (Å²) in [6.45, 7) is 10.6. The van der Waals surface area contributed by atoms with Gasteiger partial charge in [0.1, 0.15) is 5.78 Å². The Hall–Kier alpha value is -0.530. The van der Waals surface area contributed by atoms with Crippen LogP contribution >= 0.6 is 0 Å². The molecular formula is C16H32O6. The molecule has 0 aliphatic carbocycles. The zero-order valence-electron chi connectivity index (χ0n) is 14.5. The molecule has 0 aliphatic heterocycles. The van der Waals surface area contributed by atoms with E-state index in [4.69, 9.17) is 23.7 Å². The highest BCUT2D eigenvalue weighted by Gasteiger charge is 2.20. The lowest BCUT2D eigenvalue weighted by atomic mass is 9.89. The van der Waals surface area contributed by atoms with Gasteiger partial charge in [0.05, 0.1) is 59.5 Å². The number of ketones is 1. The second-order valence-electron chi connectivity index (χ2n) is 5.87. The zero-order chi connectivity index (χ0) is 16.7. The number of rotatable bonds is 15. The number of carbonyl (C=O) groups excluding carboxylic acids is 1. The van der Waals surface area contributed by atoms with E-state index < -0.39 is 0 Å². The molecule has 0 heterocycles. The van der Waals surface area contributed by atoms with Gasteiger partial charge in [0.25, 0.3) is 0 Å². The lowest BCUT2D eigenvalue weighted by molar-refractivity contribution is -0.127. The number of hydrogen-bond donors (Lipinski definition) is 0. The van der Waals surface area contributed by atoms with Crippen molar-refractivity contribution in [2.24, 2.45) is 5.41 Å². The highest BCUT2D eigenvalue weighted by molar-refractivity contribution is 5.83. The predicted molar refractivity (Wildman–Crippen MR) is 84.2 cm³/mol. The SMILES string of the molecule is COCCOCCOCCOCCOCCC(=O)C(C)(C)C.